The molecule has 0 aliphatic carbocycles. The Balaban J connectivity index is 2.25. The monoisotopic (exact) mass is 288 g/mol. The van der Waals surface area contributed by atoms with Gasteiger partial charge in [0.2, 0.25) is 0 Å². The summed E-state index contributed by atoms with van der Waals surface area (Å²) < 4.78 is 11.0. The molecule has 0 radical (unpaired) electrons. The summed E-state index contributed by atoms with van der Waals surface area (Å²) in [5.41, 5.74) is 1.89. The van der Waals surface area contributed by atoms with Gasteiger partial charge in [-0.2, -0.15) is 0 Å². The van der Waals surface area contributed by atoms with Gasteiger partial charge in [-0.05, 0) is 13.0 Å². The molecule has 2 heterocycles. The van der Waals surface area contributed by atoms with Crippen LogP contribution in [0.15, 0.2) is 33.5 Å². The van der Waals surface area contributed by atoms with Crippen molar-refractivity contribution in [2.75, 3.05) is 38.2 Å². The van der Waals surface area contributed by atoms with Gasteiger partial charge in [-0.25, -0.2) is 4.79 Å². The van der Waals surface area contributed by atoms with Crippen molar-refractivity contribution in [2.45, 2.75) is 13.0 Å². The van der Waals surface area contributed by atoms with E-state index in [1.165, 1.54) is 0 Å². The van der Waals surface area contributed by atoms with Crippen LogP contribution < -0.4 is 15.8 Å². The van der Waals surface area contributed by atoms with Gasteiger partial charge in [0.05, 0.1) is 6.10 Å². The van der Waals surface area contributed by atoms with Gasteiger partial charge in [-0.1, -0.05) is 18.2 Å². The zero-order chi connectivity index (χ0) is 14.8. The molecule has 112 valence electrons. The first-order chi connectivity index (χ1) is 10.2. The topological polar surface area (TPSA) is 54.7 Å². The molecule has 1 aromatic heterocycles. The van der Waals surface area contributed by atoms with E-state index in [0.29, 0.717) is 11.3 Å². The number of hydrogen-bond acceptors (Lipinski definition) is 5. The molecular formula is C16H20N2O3. The molecule has 2 aromatic rings. The molecule has 0 bridgehead atoms. The van der Waals surface area contributed by atoms with E-state index in [0.717, 1.165) is 37.1 Å². The lowest BCUT2D eigenvalue weighted by molar-refractivity contribution is 0.120. The molecule has 0 saturated carbocycles. The van der Waals surface area contributed by atoms with Crippen LogP contribution in [0.3, 0.4) is 0 Å². The van der Waals surface area contributed by atoms with Crippen LogP contribution in [-0.4, -0.2) is 33.3 Å². The predicted molar refractivity (Wildman–Crippen MR) is 83.0 cm³/mol. The fourth-order valence-electron chi connectivity index (χ4n) is 2.88. The summed E-state index contributed by atoms with van der Waals surface area (Å²) in [5, 5.41) is 4.24. The van der Waals surface area contributed by atoms with Crippen LogP contribution in [-0.2, 0) is 4.74 Å². The number of nitrogens with one attached hydrogen (secondary N) is 1. The van der Waals surface area contributed by atoms with E-state index in [4.69, 9.17) is 9.15 Å². The Bertz CT molecular complexity index is 689. The van der Waals surface area contributed by atoms with Crippen molar-refractivity contribution in [3.8, 4) is 0 Å². The highest BCUT2D eigenvalue weighted by Crippen LogP contribution is 2.32. The molecule has 1 N–H and O–H groups in total. The number of nitrogens with zero attached hydrogens (tertiary/aromatic N) is 1. The second-order valence-electron chi connectivity index (χ2n) is 5.26. The Kier molecular flexibility index (Phi) is 3.94. The maximum absolute atomic E-state index is 12.5. The number of piperazine rings is 1. The molecule has 1 atom stereocenters. The van der Waals surface area contributed by atoms with E-state index in [9.17, 15) is 4.79 Å². The third-order valence-corrected chi connectivity index (χ3v) is 4.02. The van der Waals surface area contributed by atoms with Gasteiger partial charge in [0, 0.05) is 44.2 Å². The number of methoxy groups -OCH3 is 1. The molecule has 21 heavy (non-hydrogen) atoms. The first-order valence-corrected chi connectivity index (χ1v) is 7.26. The van der Waals surface area contributed by atoms with Crippen molar-refractivity contribution < 1.29 is 9.15 Å². The summed E-state index contributed by atoms with van der Waals surface area (Å²) in [6, 6.07) is 7.63. The number of ether oxygens (including phenoxy) is 1. The predicted octanol–water partition coefficient (Wildman–Crippen LogP) is 1.91. The van der Waals surface area contributed by atoms with E-state index >= 15 is 0 Å². The Morgan fingerprint density at radius 2 is 2.00 bits per heavy atom. The highest BCUT2D eigenvalue weighted by molar-refractivity contribution is 5.85. The lowest BCUT2D eigenvalue weighted by atomic mass is 10.0. The lowest BCUT2D eigenvalue weighted by Crippen LogP contribution is -2.45. The summed E-state index contributed by atoms with van der Waals surface area (Å²) in [4.78, 5) is 14.6. The Morgan fingerprint density at radius 3 is 2.71 bits per heavy atom. The molecule has 3 rings (SSSR count). The zero-order valence-electron chi connectivity index (χ0n) is 12.4. The highest BCUT2D eigenvalue weighted by atomic mass is 16.5. The molecule has 1 unspecified atom stereocenters. The summed E-state index contributed by atoms with van der Waals surface area (Å²) in [6.45, 7) is 5.30. The Hall–Kier alpha value is -1.85. The van der Waals surface area contributed by atoms with Crippen molar-refractivity contribution in [2.24, 2.45) is 0 Å². The van der Waals surface area contributed by atoms with Crippen LogP contribution in [0, 0.1) is 0 Å². The SMILES string of the molecule is COC(C)c1c(N2CCNCC2)c(=O)oc2ccccc12. The highest BCUT2D eigenvalue weighted by Gasteiger charge is 2.24. The van der Waals surface area contributed by atoms with E-state index in [-0.39, 0.29) is 11.7 Å². The van der Waals surface area contributed by atoms with Crippen LogP contribution in [0.1, 0.15) is 18.6 Å². The number of anilines is 1. The summed E-state index contributed by atoms with van der Waals surface area (Å²) in [7, 11) is 1.66. The van der Waals surface area contributed by atoms with Crippen LogP contribution in [0.2, 0.25) is 0 Å². The van der Waals surface area contributed by atoms with Gasteiger partial charge in [-0.3, -0.25) is 0 Å². The number of benzene rings is 1. The maximum atomic E-state index is 12.5. The van der Waals surface area contributed by atoms with Gasteiger partial charge >= 0.3 is 5.63 Å². The molecular weight excluding hydrogens is 268 g/mol. The molecule has 0 amide bonds. The quantitative estimate of drug-likeness (QED) is 0.874. The van der Waals surface area contributed by atoms with Crippen molar-refractivity contribution in [3.05, 3.63) is 40.2 Å². The molecule has 1 fully saturated rings. The van der Waals surface area contributed by atoms with E-state index in [2.05, 4.69) is 10.2 Å². The second-order valence-corrected chi connectivity index (χ2v) is 5.26. The zero-order valence-corrected chi connectivity index (χ0v) is 12.4. The average molecular weight is 288 g/mol. The minimum Gasteiger partial charge on any atom is -0.421 e. The first-order valence-electron chi connectivity index (χ1n) is 7.26. The van der Waals surface area contributed by atoms with Crippen molar-refractivity contribution >= 4 is 16.7 Å². The van der Waals surface area contributed by atoms with Gasteiger partial charge in [0.25, 0.3) is 0 Å². The number of rotatable bonds is 3. The fourth-order valence-corrected chi connectivity index (χ4v) is 2.88. The molecule has 1 aliphatic heterocycles. The minimum atomic E-state index is -0.283. The third-order valence-electron chi connectivity index (χ3n) is 4.02. The van der Waals surface area contributed by atoms with Crippen molar-refractivity contribution in [1.29, 1.82) is 0 Å². The van der Waals surface area contributed by atoms with Gasteiger partial charge in [0.1, 0.15) is 11.3 Å². The molecule has 1 aromatic carbocycles. The molecule has 5 heteroatoms. The fraction of sp³-hybridized carbons (Fsp3) is 0.438. The number of hydrogen-bond donors (Lipinski definition) is 1. The first kappa shape index (κ1) is 14.1. The largest absolute Gasteiger partial charge is 0.421 e. The Labute approximate surface area is 123 Å². The van der Waals surface area contributed by atoms with Crippen molar-refractivity contribution in [1.82, 2.24) is 5.32 Å². The summed E-state index contributed by atoms with van der Waals surface area (Å²) in [6.07, 6.45) is -0.163. The second kappa shape index (κ2) is 5.87. The van der Waals surface area contributed by atoms with Crippen LogP contribution >= 0.6 is 0 Å². The van der Waals surface area contributed by atoms with Crippen LogP contribution in [0.5, 0.6) is 0 Å². The van der Waals surface area contributed by atoms with E-state index in [1.54, 1.807) is 7.11 Å². The Morgan fingerprint density at radius 1 is 1.29 bits per heavy atom. The van der Waals surface area contributed by atoms with Gasteiger partial charge in [0.15, 0.2) is 0 Å². The summed E-state index contributed by atoms with van der Waals surface area (Å²) >= 11 is 0. The van der Waals surface area contributed by atoms with Gasteiger partial charge in [-0.15, -0.1) is 0 Å². The summed E-state index contributed by atoms with van der Waals surface area (Å²) in [5.74, 6) is 0. The molecule has 5 nitrogen and oxygen atoms in total. The van der Waals surface area contributed by atoms with E-state index < -0.39 is 0 Å². The van der Waals surface area contributed by atoms with Crippen molar-refractivity contribution in [3.63, 3.8) is 0 Å². The van der Waals surface area contributed by atoms with E-state index in [1.807, 2.05) is 31.2 Å². The lowest BCUT2D eigenvalue weighted by Gasteiger charge is -2.31. The van der Waals surface area contributed by atoms with Crippen LogP contribution in [0.4, 0.5) is 5.69 Å². The van der Waals surface area contributed by atoms with Gasteiger partial charge < -0.3 is 19.4 Å². The molecule has 1 saturated heterocycles. The standard InChI is InChI=1S/C16H20N2O3/c1-11(20-2)14-12-5-3-4-6-13(12)21-16(19)15(14)18-9-7-17-8-10-18/h3-6,11,17H,7-10H2,1-2H3. The minimum absolute atomic E-state index is 0.163. The third kappa shape index (κ3) is 2.54. The number of para-hydroxylation sites is 1. The maximum Gasteiger partial charge on any atom is 0.360 e. The normalized spacial score (nSPS) is 17.1. The molecule has 0 spiro atoms. The molecule has 1 aliphatic rings. The average Bonchev–Trinajstić information content (AvgIpc) is 2.53. The van der Waals surface area contributed by atoms with Crippen LogP contribution in [0.25, 0.3) is 11.0 Å². The smallest absolute Gasteiger partial charge is 0.360 e. The number of fused-ring (bicyclic) bond motifs is 1.